The Balaban J connectivity index is 2.85. The molecular formula is C12H13ClO4. The molecule has 1 atom stereocenters. The van der Waals surface area contributed by atoms with E-state index in [1.807, 2.05) is 0 Å². The average Bonchev–Trinajstić information content (AvgIpc) is 2.28. The van der Waals surface area contributed by atoms with Crippen molar-refractivity contribution in [1.82, 2.24) is 0 Å². The number of methoxy groups -OCH3 is 1. The summed E-state index contributed by atoms with van der Waals surface area (Å²) in [5.74, 6) is -1.77. The van der Waals surface area contributed by atoms with Gasteiger partial charge in [-0.25, -0.2) is 0 Å². The Hall–Kier alpha value is -1.55. The van der Waals surface area contributed by atoms with E-state index in [1.165, 1.54) is 7.11 Å². The van der Waals surface area contributed by atoms with Gasteiger partial charge in [-0.1, -0.05) is 23.7 Å². The molecule has 0 saturated heterocycles. The van der Waals surface area contributed by atoms with Crippen LogP contribution in [0.2, 0.25) is 5.02 Å². The molecule has 0 aromatic heterocycles. The fourth-order valence-corrected chi connectivity index (χ4v) is 1.66. The quantitative estimate of drug-likeness (QED) is 0.822. The molecule has 5 heteroatoms. The van der Waals surface area contributed by atoms with E-state index in [0.29, 0.717) is 5.02 Å². The number of rotatable bonds is 5. The molecule has 92 valence electrons. The fraction of sp³-hybridized carbons (Fsp3) is 0.333. The third kappa shape index (κ3) is 4.44. The maximum Gasteiger partial charge on any atom is 0.306 e. The summed E-state index contributed by atoms with van der Waals surface area (Å²) >= 11 is 5.75. The zero-order valence-corrected chi connectivity index (χ0v) is 10.1. The van der Waals surface area contributed by atoms with Gasteiger partial charge in [0.2, 0.25) is 0 Å². The van der Waals surface area contributed by atoms with Crippen LogP contribution in [-0.2, 0) is 14.3 Å². The van der Waals surface area contributed by atoms with E-state index in [9.17, 15) is 9.59 Å². The molecular weight excluding hydrogens is 244 g/mol. The first-order valence-corrected chi connectivity index (χ1v) is 5.44. The highest BCUT2D eigenvalue weighted by atomic mass is 35.5. The van der Waals surface area contributed by atoms with Crippen LogP contribution in [0.3, 0.4) is 0 Å². The minimum atomic E-state index is -0.950. The maximum absolute atomic E-state index is 11.2. The molecule has 0 saturated carbocycles. The Bertz CT molecular complexity index is 399. The molecule has 0 amide bonds. The van der Waals surface area contributed by atoms with Crippen molar-refractivity contribution in [3.8, 4) is 0 Å². The number of benzene rings is 1. The summed E-state index contributed by atoms with van der Waals surface area (Å²) in [6.45, 7) is 0. The molecule has 0 fully saturated rings. The maximum atomic E-state index is 11.2. The van der Waals surface area contributed by atoms with Crippen molar-refractivity contribution in [1.29, 1.82) is 0 Å². The number of carboxylic acid groups (broad SMARTS) is 1. The lowest BCUT2D eigenvalue weighted by atomic mass is 9.92. The monoisotopic (exact) mass is 256 g/mol. The molecule has 1 unspecified atom stereocenters. The zero-order valence-electron chi connectivity index (χ0n) is 9.35. The van der Waals surface area contributed by atoms with Gasteiger partial charge in [-0.2, -0.15) is 0 Å². The number of hydrogen-bond acceptors (Lipinski definition) is 3. The summed E-state index contributed by atoms with van der Waals surface area (Å²) in [7, 11) is 1.28. The van der Waals surface area contributed by atoms with E-state index in [1.54, 1.807) is 24.3 Å². The number of carbonyl (C=O) groups excluding carboxylic acids is 1. The van der Waals surface area contributed by atoms with Crippen molar-refractivity contribution in [2.45, 2.75) is 18.8 Å². The van der Waals surface area contributed by atoms with Crippen LogP contribution >= 0.6 is 11.6 Å². The summed E-state index contributed by atoms with van der Waals surface area (Å²) in [5, 5.41) is 9.38. The van der Waals surface area contributed by atoms with Crippen molar-refractivity contribution >= 4 is 23.5 Å². The summed E-state index contributed by atoms with van der Waals surface area (Å²) < 4.78 is 4.55. The topological polar surface area (TPSA) is 63.6 Å². The Morgan fingerprint density at radius 2 is 1.88 bits per heavy atom. The highest BCUT2D eigenvalue weighted by molar-refractivity contribution is 6.30. The second-order valence-electron chi connectivity index (χ2n) is 3.63. The normalized spacial score (nSPS) is 11.9. The average molecular weight is 257 g/mol. The SMILES string of the molecule is COC(=O)CC(CC(=O)O)c1ccc(Cl)cc1. The predicted molar refractivity (Wildman–Crippen MR) is 63.1 cm³/mol. The lowest BCUT2D eigenvalue weighted by molar-refractivity contribution is -0.141. The number of aliphatic carboxylic acids is 1. The van der Waals surface area contributed by atoms with Crippen LogP contribution in [0.25, 0.3) is 0 Å². The Kier molecular flexibility index (Phi) is 4.97. The molecule has 0 radical (unpaired) electrons. The van der Waals surface area contributed by atoms with Gasteiger partial charge in [0.15, 0.2) is 0 Å². The van der Waals surface area contributed by atoms with E-state index in [2.05, 4.69) is 4.74 Å². The molecule has 17 heavy (non-hydrogen) atoms. The highest BCUT2D eigenvalue weighted by Crippen LogP contribution is 2.25. The minimum absolute atomic E-state index is 0.0461. The van der Waals surface area contributed by atoms with Gasteiger partial charge < -0.3 is 9.84 Å². The molecule has 1 rings (SSSR count). The zero-order chi connectivity index (χ0) is 12.8. The molecule has 1 aromatic rings. The van der Waals surface area contributed by atoms with Gasteiger partial charge in [0.25, 0.3) is 0 Å². The van der Waals surface area contributed by atoms with Gasteiger partial charge in [0, 0.05) is 10.9 Å². The first-order chi connectivity index (χ1) is 8.02. The molecule has 1 aromatic carbocycles. The molecule has 1 N–H and O–H groups in total. The van der Waals surface area contributed by atoms with Gasteiger partial charge in [0.05, 0.1) is 20.0 Å². The number of esters is 1. The van der Waals surface area contributed by atoms with Crippen LogP contribution in [0.15, 0.2) is 24.3 Å². The lowest BCUT2D eigenvalue weighted by Gasteiger charge is -2.13. The summed E-state index contributed by atoms with van der Waals surface area (Å²) in [5.41, 5.74) is 0.766. The van der Waals surface area contributed by atoms with Gasteiger partial charge in [0.1, 0.15) is 0 Å². The van der Waals surface area contributed by atoms with Gasteiger partial charge in [-0.05, 0) is 17.7 Å². The first kappa shape index (κ1) is 13.5. The number of hydrogen-bond donors (Lipinski definition) is 1. The molecule has 0 bridgehead atoms. The van der Waals surface area contributed by atoms with E-state index >= 15 is 0 Å². The van der Waals surface area contributed by atoms with Crippen molar-refractivity contribution in [2.75, 3.05) is 7.11 Å². The standard InChI is InChI=1S/C12H13ClO4/c1-17-12(16)7-9(6-11(14)15)8-2-4-10(13)5-3-8/h2-5,9H,6-7H2,1H3,(H,14,15). The molecule has 0 aliphatic heterocycles. The molecule has 0 aliphatic rings. The van der Waals surface area contributed by atoms with E-state index in [4.69, 9.17) is 16.7 Å². The van der Waals surface area contributed by atoms with Gasteiger partial charge in [-0.3, -0.25) is 9.59 Å². The minimum Gasteiger partial charge on any atom is -0.481 e. The summed E-state index contributed by atoms with van der Waals surface area (Å²) in [6, 6.07) is 6.78. The van der Waals surface area contributed by atoms with Crippen LogP contribution in [0.1, 0.15) is 24.3 Å². The highest BCUT2D eigenvalue weighted by Gasteiger charge is 2.19. The third-order valence-corrected chi connectivity index (χ3v) is 2.66. The van der Waals surface area contributed by atoms with E-state index < -0.39 is 17.9 Å². The predicted octanol–water partition coefficient (Wildman–Crippen LogP) is 2.46. The van der Waals surface area contributed by atoms with Crippen molar-refractivity contribution in [3.63, 3.8) is 0 Å². The number of halogens is 1. The Morgan fingerprint density at radius 1 is 1.29 bits per heavy atom. The van der Waals surface area contributed by atoms with Crippen molar-refractivity contribution in [2.24, 2.45) is 0 Å². The number of carbonyl (C=O) groups is 2. The van der Waals surface area contributed by atoms with Crippen LogP contribution in [0.4, 0.5) is 0 Å². The second-order valence-corrected chi connectivity index (χ2v) is 4.06. The Labute approximate surface area is 104 Å². The third-order valence-electron chi connectivity index (χ3n) is 2.40. The van der Waals surface area contributed by atoms with E-state index in [0.717, 1.165) is 5.56 Å². The smallest absolute Gasteiger partial charge is 0.306 e. The molecule has 0 spiro atoms. The van der Waals surface area contributed by atoms with Crippen molar-refractivity contribution < 1.29 is 19.4 Å². The Morgan fingerprint density at radius 3 is 2.35 bits per heavy atom. The molecule has 4 nitrogen and oxygen atoms in total. The van der Waals surface area contributed by atoms with Crippen LogP contribution in [-0.4, -0.2) is 24.2 Å². The summed E-state index contributed by atoms with van der Waals surface area (Å²) in [6.07, 6.45) is -0.0683. The van der Waals surface area contributed by atoms with Gasteiger partial charge in [-0.15, -0.1) is 0 Å². The fourth-order valence-electron chi connectivity index (χ4n) is 1.54. The number of carboxylic acids is 1. The molecule has 0 aliphatic carbocycles. The largest absolute Gasteiger partial charge is 0.481 e. The van der Waals surface area contributed by atoms with Crippen molar-refractivity contribution in [3.05, 3.63) is 34.9 Å². The lowest BCUT2D eigenvalue weighted by Crippen LogP contribution is -2.12. The van der Waals surface area contributed by atoms with Crippen LogP contribution in [0.5, 0.6) is 0 Å². The van der Waals surface area contributed by atoms with E-state index in [-0.39, 0.29) is 12.8 Å². The number of ether oxygens (including phenoxy) is 1. The van der Waals surface area contributed by atoms with Crippen LogP contribution in [0, 0.1) is 0 Å². The van der Waals surface area contributed by atoms with Gasteiger partial charge >= 0.3 is 11.9 Å². The second kappa shape index (κ2) is 6.25. The first-order valence-electron chi connectivity index (χ1n) is 5.07. The summed E-state index contributed by atoms with van der Waals surface area (Å²) in [4.78, 5) is 21.9. The van der Waals surface area contributed by atoms with Crippen LogP contribution < -0.4 is 0 Å². The molecule has 0 heterocycles.